The number of rotatable bonds is 6. The summed E-state index contributed by atoms with van der Waals surface area (Å²) in [5.41, 5.74) is 0.746. The molecule has 0 aromatic heterocycles. The molecule has 1 aromatic rings. The Hall–Kier alpha value is -3.03. The Morgan fingerprint density at radius 1 is 1.03 bits per heavy atom. The van der Waals surface area contributed by atoms with E-state index in [0.29, 0.717) is 12.8 Å². The molecule has 1 N–H and O–H groups in total. The van der Waals surface area contributed by atoms with E-state index in [2.05, 4.69) is 5.32 Å². The minimum Gasteiger partial charge on any atom is -0.454 e. The Kier molecular flexibility index (Phi) is 6.41. The van der Waals surface area contributed by atoms with Gasteiger partial charge in [-0.1, -0.05) is 43.2 Å². The molecule has 1 saturated carbocycles. The number of nitrogens with one attached hydrogen (secondary N) is 1. The lowest BCUT2D eigenvalue weighted by Gasteiger charge is -2.21. The van der Waals surface area contributed by atoms with Gasteiger partial charge in [-0.2, -0.15) is 0 Å². The molecule has 154 valence electrons. The number of carbonyl (C=O) groups excluding carboxylic acids is 5. The molecule has 1 aliphatic heterocycles. The van der Waals surface area contributed by atoms with Crippen LogP contribution in [0.4, 0.5) is 0 Å². The first kappa shape index (κ1) is 20.7. The van der Waals surface area contributed by atoms with E-state index in [-0.39, 0.29) is 30.1 Å². The van der Waals surface area contributed by atoms with Crippen LogP contribution in [0.3, 0.4) is 0 Å². The fourth-order valence-electron chi connectivity index (χ4n) is 3.95. The van der Waals surface area contributed by atoms with Gasteiger partial charge in [0.05, 0.1) is 18.3 Å². The molecule has 29 heavy (non-hydrogen) atoms. The van der Waals surface area contributed by atoms with Gasteiger partial charge >= 0.3 is 5.97 Å². The highest BCUT2D eigenvalue weighted by Crippen LogP contribution is 2.38. The lowest BCUT2D eigenvalue weighted by molar-refractivity contribution is -0.159. The first-order chi connectivity index (χ1) is 13.9. The van der Waals surface area contributed by atoms with Gasteiger partial charge in [-0.15, -0.1) is 0 Å². The third-order valence-electron chi connectivity index (χ3n) is 5.44. The normalized spacial score (nSPS) is 22.0. The van der Waals surface area contributed by atoms with Crippen molar-refractivity contribution >= 4 is 29.6 Å². The van der Waals surface area contributed by atoms with Gasteiger partial charge in [0.15, 0.2) is 6.61 Å². The van der Waals surface area contributed by atoms with Crippen molar-refractivity contribution in [3.8, 4) is 0 Å². The van der Waals surface area contributed by atoms with Crippen LogP contribution in [0.5, 0.6) is 0 Å². The fourth-order valence-corrected chi connectivity index (χ4v) is 3.95. The van der Waals surface area contributed by atoms with E-state index < -0.39 is 30.4 Å². The summed E-state index contributed by atoms with van der Waals surface area (Å²) >= 11 is 0. The second-order valence-corrected chi connectivity index (χ2v) is 7.46. The monoisotopic (exact) mass is 400 g/mol. The smallest absolute Gasteiger partial charge is 0.329 e. The minimum absolute atomic E-state index is 0.0243. The molecule has 1 aromatic carbocycles. The molecule has 3 rings (SSSR count). The van der Waals surface area contributed by atoms with Gasteiger partial charge in [-0.3, -0.25) is 29.4 Å². The number of esters is 1. The van der Waals surface area contributed by atoms with E-state index >= 15 is 0 Å². The van der Waals surface area contributed by atoms with E-state index in [1.54, 1.807) is 24.3 Å². The maximum Gasteiger partial charge on any atom is 0.329 e. The summed E-state index contributed by atoms with van der Waals surface area (Å²) in [5, 5.41) is 2.15. The first-order valence-electron chi connectivity index (χ1n) is 9.78. The molecule has 0 radical (unpaired) electrons. The Balaban J connectivity index is 1.48. The summed E-state index contributed by atoms with van der Waals surface area (Å²) in [5.74, 6) is -3.52. The maximum absolute atomic E-state index is 12.5. The number of amides is 4. The maximum atomic E-state index is 12.5. The van der Waals surface area contributed by atoms with E-state index in [1.807, 2.05) is 6.07 Å². The van der Waals surface area contributed by atoms with Gasteiger partial charge < -0.3 is 4.74 Å². The topological polar surface area (TPSA) is 110 Å². The molecule has 0 bridgehead atoms. The zero-order valence-corrected chi connectivity index (χ0v) is 16.3. The molecule has 3 atom stereocenters. The number of hydrogen-bond acceptors (Lipinski definition) is 6. The van der Waals surface area contributed by atoms with Crippen molar-refractivity contribution in [2.24, 2.45) is 11.8 Å². The van der Waals surface area contributed by atoms with Crippen molar-refractivity contribution in [3.63, 3.8) is 0 Å². The molecule has 2 fully saturated rings. The van der Waals surface area contributed by atoms with Crippen molar-refractivity contribution < 1.29 is 28.7 Å². The predicted molar refractivity (Wildman–Crippen MR) is 101 cm³/mol. The number of ether oxygens (including phenoxy) is 1. The quantitative estimate of drug-likeness (QED) is 0.563. The Morgan fingerprint density at radius 3 is 2.21 bits per heavy atom. The van der Waals surface area contributed by atoms with Gasteiger partial charge in [0.2, 0.25) is 17.7 Å². The summed E-state index contributed by atoms with van der Waals surface area (Å²) in [6.07, 6.45) is 3.11. The van der Waals surface area contributed by atoms with Crippen molar-refractivity contribution in [2.45, 2.75) is 45.1 Å². The summed E-state index contributed by atoms with van der Waals surface area (Å²) in [6.45, 7) is 0.751. The molecule has 1 aliphatic carbocycles. The second kappa shape index (κ2) is 8.98. The van der Waals surface area contributed by atoms with E-state index in [4.69, 9.17) is 4.74 Å². The van der Waals surface area contributed by atoms with Crippen LogP contribution in [0, 0.1) is 11.8 Å². The number of nitrogens with zero attached hydrogens (tertiary/aromatic N) is 1. The molecule has 1 saturated heterocycles. The molecule has 8 nitrogen and oxygen atoms in total. The average Bonchev–Trinajstić information content (AvgIpc) is 2.97. The van der Waals surface area contributed by atoms with Crippen molar-refractivity contribution in [2.75, 3.05) is 6.61 Å². The van der Waals surface area contributed by atoms with Crippen molar-refractivity contribution in [1.82, 2.24) is 10.2 Å². The molecule has 8 heteroatoms. The van der Waals surface area contributed by atoms with Crippen molar-refractivity contribution in [3.05, 3.63) is 35.9 Å². The van der Waals surface area contributed by atoms with Crippen molar-refractivity contribution in [1.29, 1.82) is 0 Å². The van der Waals surface area contributed by atoms with Crippen LogP contribution in [0.25, 0.3) is 0 Å². The zero-order chi connectivity index (χ0) is 21.0. The Bertz CT molecular complexity index is 798. The van der Waals surface area contributed by atoms with Gasteiger partial charge in [0.1, 0.15) is 6.04 Å². The molecule has 1 heterocycles. The summed E-state index contributed by atoms with van der Waals surface area (Å²) < 4.78 is 4.93. The van der Waals surface area contributed by atoms with Gasteiger partial charge in [0.25, 0.3) is 5.91 Å². The molecular weight excluding hydrogens is 376 g/mol. The number of likely N-dealkylation sites (tertiary alicyclic amines) is 1. The van der Waals surface area contributed by atoms with Crippen LogP contribution < -0.4 is 5.32 Å². The van der Waals surface area contributed by atoms with Crippen LogP contribution >= 0.6 is 0 Å². The van der Waals surface area contributed by atoms with E-state index in [0.717, 1.165) is 23.3 Å². The fraction of sp³-hybridized carbons (Fsp3) is 0.476. The molecule has 4 amide bonds. The SMILES string of the molecule is CC(C(=O)OCC(=O)NC(=O)Cc1ccccc1)N1C(=O)C2CCCCC2C1=O. The van der Waals surface area contributed by atoms with Crippen LogP contribution in [-0.2, 0) is 35.1 Å². The minimum atomic E-state index is -1.10. The van der Waals surface area contributed by atoms with Crippen LogP contribution in [0.15, 0.2) is 30.3 Å². The van der Waals surface area contributed by atoms with Gasteiger partial charge in [-0.05, 0) is 25.3 Å². The Morgan fingerprint density at radius 2 is 1.62 bits per heavy atom. The largest absolute Gasteiger partial charge is 0.454 e. The number of hydrogen-bond donors (Lipinski definition) is 1. The predicted octanol–water partition coefficient (Wildman–Crippen LogP) is 0.979. The molecule has 2 aliphatic rings. The summed E-state index contributed by atoms with van der Waals surface area (Å²) in [7, 11) is 0. The van der Waals surface area contributed by atoms with Gasteiger partial charge in [0, 0.05) is 0 Å². The number of benzene rings is 1. The highest BCUT2D eigenvalue weighted by atomic mass is 16.5. The number of carbonyl (C=O) groups is 5. The Labute approximate surface area is 168 Å². The third kappa shape index (κ3) is 4.70. The summed E-state index contributed by atoms with van der Waals surface area (Å²) in [4.78, 5) is 62.0. The molecule has 0 spiro atoms. The molecular formula is C21H24N2O6. The standard InChI is InChI=1S/C21H24N2O6/c1-13(23-19(26)15-9-5-6-10-16(15)20(23)27)21(28)29-12-18(25)22-17(24)11-14-7-3-2-4-8-14/h2-4,7-8,13,15-16H,5-6,9-12H2,1H3,(H,22,24,25). The van der Waals surface area contributed by atoms with Crippen LogP contribution in [0.1, 0.15) is 38.2 Å². The van der Waals surface area contributed by atoms with Gasteiger partial charge in [-0.25, -0.2) is 4.79 Å². The molecule has 3 unspecified atom stereocenters. The lowest BCUT2D eigenvalue weighted by Crippen LogP contribution is -2.45. The summed E-state index contributed by atoms with van der Waals surface area (Å²) in [6, 6.07) is 7.79. The second-order valence-electron chi connectivity index (χ2n) is 7.46. The van der Waals surface area contributed by atoms with Crippen LogP contribution in [0.2, 0.25) is 0 Å². The zero-order valence-electron chi connectivity index (χ0n) is 16.3. The third-order valence-corrected chi connectivity index (χ3v) is 5.44. The first-order valence-corrected chi connectivity index (χ1v) is 9.78. The average molecular weight is 400 g/mol. The lowest BCUT2D eigenvalue weighted by atomic mass is 9.81. The van der Waals surface area contributed by atoms with E-state index in [1.165, 1.54) is 6.92 Å². The van der Waals surface area contributed by atoms with Crippen LogP contribution in [-0.4, -0.2) is 47.1 Å². The number of imide groups is 2. The van der Waals surface area contributed by atoms with E-state index in [9.17, 15) is 24.0 Å². The highest BCUT2D eigenvalue weighted by molar-refractivity contribution is 6.08. The number of fused-ring (bicyclic) bond motifs is 1. The highest BCUT2D eigenvalue weighted by Gasteiger charge is 2.51.